The van der Waals surface area contributed by atoms with Crippen LogP contribution >= 0.6 is 12.4 Å². The minimum atomic E-state index is -1.92. The summed E-state index contributed by atoms with van der Waals surface area (Å²) in [7, 11) is -1.92. The fourth-order valence-electron chi connectivity index (χ4n) is 6.61. The Morgan fingerprint density at radius 1 is 0.712 bits per heavy atom. The minimum Gasteiger partial charge on any atom is -0.542 e. The Bertz CT molecular complexity index is 1870. The van der Waals surface area contributed by atoms with E-state index in [9.17, 15) is 23.5 Å². The molecule has 15 heteroatoms. The number of nitrogens with zero attached hydrogens (tertiary/aromatic N) is 4. The Balaban J connectivity index is 0.000000234. The van der Waals surface area contributed by atoms with Crippen molar-refractivity contribution in [1.29, 1.82) is 0 Å². The molecule has 3 saturated heterocycles. The number of hydrogen-bond donors (Lipinski definition) is 3. The summed E-state index contributed by atoms with van der Waals surface area (Å²) in [6, 6.07) is 19.6. The van der Waals surface area contributed by atoms with Gasteiger partial charge in [0.05, 0.1) is 12.4 Å². The van der Waals surface area contributed by atoms with Crippen molar-refractivity contribution in [3.63, 3.8) is 0 Å². The normalized spacial score (nSPS) is 16.1. The molecule has 3 aliphatic rings. The van der Waals surface area contributed by atoms with Crippen molar-refractivity contribution >= 4 is 44.4 Å². The molecule has 11 nitrogen and oxygen atoms in total. The molecule has 7 rings (SSSR count). The number of pyridine rings is 2. The molecule has 0 unspecified atom stereocenters. The number of likely N-dealkylation sites (tertiary alicyclic amines) is 2. The summed E-state index contributed by atoms with van der Waals surface area (Å²) >= 11 is 0. The van der Waals surface area contributed by atoms with Crippen molar-refractivity contribution in [2.24, 2.45) is 0 Å². The Hall–Kier alpha value is -4.79. The number of anilines is 2. The zero-order chi connectivity index (χ0) is 41.7. The van der Waals surface area contributed by atoms with Crippen molar-refractivity contribution in [1.82, 2.24) is 19.8 Å². The molecule has 0 atom stereocenters. The van der Waals surface area contributed by atoms with Crippen molar-refractivity contribution in [3.05, 3.63) is 108 Å². The van der Waals surface area contributed by atoms with Crippen LogP contribution in [0, 0.1) is 11.6 Å². The second-order valence-corrected chi connectivity index (χ2v) is 21.2. The monoisotopic (exact) mass is 852 g/mol. The van der Waals surface area contributed by atoms with E-state index >= 15 is 0 Å². The number of halogens is 3. The van der Waals surface area contributed by atoms with Gasteiger partial charge in [0.2, 0.25) is 0 Å². The van der Waals surface area contributed by atoms with Crippen molar-refractivity contribution in [2.75, 3.05) is 50.0 Å². The number of aromatic hydroxyl groups is 1. The van der Waals surface area contributed by atoms with Crippen molar-refractivity contribution in [3.8, 4) is 11.5 Å². The van der Waals surface area contributed by atoms with Gasteiger partial charge in [0.15, 0.2) is 0 Å². The van der Waals surface area contributed by atoms with Gasteiger partial charge in [-0.15, -0.1) is 12.4 Å². The van der Waals surface area contributed by atoms with E-state index < -0.39 is 8.32 Å². The first-order valence-corrected chi connectivity index (χ1v) is 23.1. The summed E-state index contributed by atoms with van der Waals surface area (Å²) in [5.41, 5.74) is 2.25. The lowest BCUT2D eigenvalue weighted by molar-refractivity contribution is 0.194. The number of hydrogen-bond acceptors (Lipinski definition) is 7. The molecule has 320 valence electrons. The molecular weight excluding hydrogens is 794 g/mol. The molecule has 5 heterocycles. The van der Waals surface area contributed by atoms with E-state index in [2.05, 4.69) is 54.5 Å². The van der Waals surface area contributed by atoms with Crippen LogP contribution in [0.3, 0.4) is 0 Å². The molecule has 3 N–H and O–H groups in total. The summed E-state index contributed by atoms with van der Waals surface area (Å²) in [6.07, 6.45) is 8.95. The molecule has 4 aromatic rings. The van der Waals surface area contributed by atoms with Crippen LogP contribution in [0.1, 0.15) is 82.3 Å². The molecule has 2 aromatic carbocycles. The molecular formula is C44H59ClF2N6O5Si. The molecule has 3 aliphatic heterocycles. The molecule has 0 aliphatic carbocycles. The lowest BCUT2D eigenvalue weighted by Crippen LogP contribution is -2.43. The number of benzene rings is 2. The molecule has 0 radical (unpaired) electrons. The van der Waals surface area contributed by atoms with E-state index in [-0.39, 0.29) is 46.9 Å². The predicted octanol–water partition coefficient (Wildman–Crippen LogP) is 10.6. The maximum atomic E-state index is 13.1. The zero-order valence-electron chi connectivity index (χ0n) is 34.8. The largest absolute Gasteiger partial charge is 0.542 e. The van der Waals surface area contributed by atoms with E-state index in [1.165, 1.54) is 49.4 Å². The van der Waals surface area contributed by atoms with Crippen LogP contribution in [0.5, 0.6) is 11.5 Å². The maximum Gasteiger partial charge on any atom is 0.323 e. The van der Waals surface area contributed by atoms with E-state index in [4.69, 9.17) is 9.16 Å². The van der Waals surface area contributed by atoms with Gasteiger partial charge in [-0.25, -0.2) is 28.3 Å². The van der Waals surface area contributed by atoms with Crippen LogP contribution in [0.4, 0.5) is 30.0 Å². The fourth-order valence-corrected chi connectivity index (χ4v) is 7.63. The van der Waals surface area contributed by atoms with Gasteiger partial charge in [0.1, 0.15) is 34.8 Å². The highest BCUT2D eigenvalue weighted by molar-refractivity contribution is 6.74. The predicted molar refractivity (Wildman–Crippen MR) is 233 cm³/mol. The molecule has 4 amide bonds. The SMILES string of the molecule is C1CCOC1.CC(C)(C)[Si](C)(C)Oc1ccc(NC(=O)N2CCC(c3ccc(F)cc3)CC2)nc1.Cl.O=C(Nc1ccc(O)cn1)N1CCC(c2ccc(F)cc2)CC1. The third-order valence-corrected chi connectivity index (χ3v) is 15.6. The molecule has 59 heavy (non-hydrogen) atoms. The first-order valence-electron chi connectivity index (χ1n) is 20.2. The van der Waals surface area contributed by atoms with Crippen LogP contribution in [0.25, 0.3) is 0 Å². The summed E-state index contributed by atoms with van der Waals surface area (Å²) in [5, 5.41) is 14.9. The Labute approximate surface area is 354 Å². The molecule has 2 aromatic heterocycles. The summed E-state index contributed by atoms with van der Waals surface area (Å²) in [5.74, 6) is 1.99. The second-order valence-electron chi connectivity index (χ2n) is 16.4. The number of ether oxygens (including phenoxy) is 1. The van der Waals surface area contributed by atoms with Gasteiger partial charge < -0.3 is 24.1 Å². The van der Waals surface area contributed by atoms with E-state index in [1.807, 2.05) is 35.2 Å². The number of amides is 4. The minimum absolute atomic E-state index is 0. The Morgan fingerprint density at radius 2 is 1.14 bits per heavy atom. The first kappa shape index (κ1) is 46.9. The molecule has 0 spiro atoms. The smallest absolute Gasteiger partial charge is 0.323 e. The van der Waals surface area contributed by atoms with E-state index in [0.717, 1.165) is 55.8 Å². The lowest BCUT2D eigenvalue weighted by atomic mass is 9.89. The number of aromatic nitrogens is 2. The highest BCUT2D eigenvalue weighted by atomic mass is 35.5. The fraction of sp³-hybridized carbons (Fsp3) is 0.455. The first-order chi connectivity index (χ1) is 27.7. The van der Waals surface area contributed by atoms with Crippen LogP contribution in [-0.2, 0) is 4.74 Å². The Morgan fingerprint density at radius 3 is 1.47 bits per heavy atom. The topological polar surface area (TPSA) is 129 Å². The standard InChI is InChI=1S/C23H32FN3O2Si.C17H18FN3O2.C4H8O.ClH/c1-23(2,3)30(4,5)29-20-10-11-21(25-16-20)26-22(28)27-14-12-18(13-15-27)17-6-8-19(24)9-7-17;18-14-3-1-12(2-4-14)13-7-9-21(10-8-13)17(23)20-16-6-5-15(22)11-19-16;1-2-4-5-3-1;/h6-11,16,18H,12-15H2,1-5H3,(H,25,26,28);1-6,11,13,22H,7-10H2,(H,19,20,23);1-4H2;1H. The average molecular weight is 854 g/mol. The molecule has 0 bridgehead atoms. The van der Waals surface area contributed by atoms with Crippen LogP contribution in [0.15, 0.2) is 85.2 Å². The quantitative estimate of drug-likeness (QED) is 0.165. The highest BCUT2D eigenvalue weighted by Gasteiger charge is 2.39. The van der Waals surface area contributed by atoms with Gasteiger partial charge in [-0.1, -0.05) is 45.0 Å². The van der Waals surface area contributed by atoms with E-state index in [1.54, 1.807) is 23.2 Å². The highest BCUT2D eigenvalue weighted by Crippen LogP contribution is 2.37. The molecule has 0 saturated carbocycles. The maximum absolute atomic E-state index is 13.1. The van der Waals surface area contributed by atoms with Gasteiger partial charge in [-0.05, 0) is 128 Å². The lowest BCUT2D eigenvalue weighted by Gasteiger charge is -2.36. The summed E-state index contributed by atoms with van der Waals surface area (Å²) in [4.78, 5) is 36.6. The van der Waals surface area contributed by atoms with Gasteiger partial charge in [0.25, 0.3) is 8.32 Å². The van der Waals surface area contributed by atoms with Crippen molar-refractivity contribution < 1.29 is 32.6 Å². The number of carbonyl (C=O) groups excluding carboxylic acids is 2. The molecule has 3 fully saturated rings. The number of nitrogens with one attached hydrogen (secondary N) is 2. The third-order valence-electron chi connectivity index (χ3n) is 11.2. The van der Waals surface area contributed by atoms with Gasteiger partial charge in [-0.3, -0.25) is 10.6 Å². The van der Waals surface area contributed by atoms with Crippen LogP contribution < -0.4 is 15.1 Å². The number of carbonyl (C=O) groups is 2. The summed E-state index contributed by atoms with van der Waals surface area (Å²) in [6.45, 7) is 15.6. The van der Waals surface area contributed by atoms with Crippen LogP contribution in [-0.4, -0.2) is 84.6 Å². The Kier molecular flexibility index (Phi) is 17.5. The van der Waals surface area contributed by atoms with E-state index in [0.29, 0.717) is 49.7 Å². The number of urea groups is 2. The summed E-state index contributed by atoms with van der Waals surface area (Å²) < 4.78 is 37.3. The average Bonchev–Trinajstić information content (AvgIpc) is 3.81. The van der Waals surface area contributed by atoms with Gasteiger partial charge >= 0.3 is 12.1 Å². The second kappa shape index (κ2) is 22.0. The zero-order valence-corrected chi connectivity index (χ0v) is 36.6. The third kappa shape index (κ3) is 14.5. The number of rotatable bonds is 6. The number of piperidine rings is 2. The van der Waals surface area contributed by atoms with Gasteiger partial charge in [0, 0.05) is 39.4 Å². The van der Waals surface area contributed by atoms with Crippen molar-refractivity contribution in [2.45, 2.75) is 89.3 Å². The van der Waals surface area contributed by atoms with Gasteiger partial charge in [-0.2, -0.15) is 0 Å². The van der Waals surface area contributed by atoms with Crippen LogP contribution in [0.2, 0.25) is 18.1 Å².